The molecule has 0 rings (SSSR count). The van der Waals surface area contributed by atoms with Crippen LogP contribution in [0.4, 0.5) is 13.2 Å². The minimum absolute atomic E-state index is 0.104. The van der Waals surface area contributed by atoms with Gasteiger partial charge in [0.15, 0.2) is 0 Å². The van der Waals surface area contributed by atoms with Crippen molar-refractivity contribution in [2.24, 2.45) is 0 Å². The third-order valence-corrected chi connectivity index (χ3v) is 1.80. The van der Waals surface area contributed by atoms with Gasteiger partial charge in [-0.05, 0) is 6.42 Å². The molecular formula is C5H8F3O2S-. The van der Waals surface area contributed by atoms with Gasteiger partial charge in [0.1, 0.15) is 6.17 Å². The zero-order valence-corrected chi connectivity index (χ0v) is 6.67. The second-order valence-electron chi connectivity index (χ2n) is 2.08. The van der Waals surface area contributed by atoms with Gasteiger partial charge >= 0.3 is 5.25 Å². The highest BCUT2D eigenvalue weighted by molar-refractivity contribution is 7.80. The molecule has 0 aliphatic carbocycles. The lowest BCUT2D eigenvalue weighted by Gasteiger charge is -2.19. The van der Waals surface area contributed by atoms with Crippen LogP contribution in [0.2, 0.25) is 0 Å². The molecule has 0 fully saturated rings. The monoisotopic (exact) mass is 189 g/mol. The molecule has 0 aromatic carbocycles. The van der Waals surface area contributed by atoms with Gasteiger partial charge in [0.2, 0.25) is 0 Å². The van der Waals surface area contributed by atoms with Gasteiger partial charge in [-0.3, -0.25) is 4.21 Å². The fourth-order valence-corrected chi connectivity index (χ4v) is 0.787. The van der Waals surface area contributed by atoms with E-state index in [-0.39, 0.29) is 6.42 Å². The Bertz CT molecular complexity index is 151. The van der Waals surface area contributed by atoms with Crippen LogP contribution in [0.1, 0.15) is 19.8 Å². The van der Waals surface area contributed by atoms with Gasteiger partial charge in [-0.25, -0.2) is 4.39 Å². The molecule has 0 saturated heterocycles. The summed E-state index contributed by atoms with van der Waals surface area (Å²) in [4.78, 5) is 0. The maximum atomic E-state index is 12.2. The highest BCUT2D eigenvalue weighted by Gasteiger charge is 2.33. The van der Waals surface area contributed by atoms with Crippen molar-refractivity contribution >= 4 is 11.1 Å². The summed E-state index contributed by atoms with van der Waals surface area (Å²) in [5.41, 5.74) is 0. The van der Waals surface area contributed by atoms with Crippen molar-refractivity contribution in [2.45, 2.75) is 31.2 Å². The Morgan fingerprint density at radius 1 is 1.64 bits per heavy atom. The number of alkyl halides is 3. The van der Waals surface area contributed by atoms with E-state index in [0.29, 0.717) is 0 Å². The molecule has 6 heteroatoms. The Balaban J connectivity index is 4.01. The SMILES string of the molecule is CCC(F)CC(F)(F)S(=O)[O-]. The molecule has 0 spiro atoms. The quantitative estimate of drug-likeness (QED) is 0.630. The van der Waals surface area contributed by atoms with Crippen LogP contribution in [0, 0.1) is 0 Å². The average molecular weight is 189 g/mol. The molecule has 0 heterocycles. The van der Waals surface area contributed by atoms with E-state index in [9.17, 15) is 21.9 Å². The lowest BCUT2D eigenvalue weighted by atomic mass is 10.2. The molecule has 0 radical (unpaired) electrons. The number of rotatable bonds is 4. The van der Waals surface area contributed by atoms with Crippen LogP contribution in [-0.4, -0.2) is 20.2 Å². The van der Waals surface area contributed by atoms with Crippen molar-refractivity contribution in [3.05, 3.63) is 0 Å². The first-order chi connectivity index (χ1) is 4.90. The zero-order chi connectivity index (χ0) is 9.07. The van der Waals surface area contributed by atoms with Crippen molar-refractivity contribution in [2.75, 3.05) is 0 Å². The molecule has 0 aliphatic heterocycles. The third-order valence-electron chi connectivity index (χ3n) is 1.15. The molecular weight excluding hydrogens is 181 g/mol. The number of halogens is 3. The minimum Gasteiger partial charge on any atom is -0.768 e. The first kappa shape index (κ1) is 10.9. The van der Waals surface area contributed by atoms with E-state index in [2.05, 4.69) is 0 Å². The first-order valence-electron chi connectivity index (χ1n) is 3.01. The molecule has 2 unspecified atom stereocenters. The van der Waals surface area contributed by atoms with Crippen molar-refractivity contribution in [3.63, 3.8) is 0 Å². The lowest BCUT2D eigenvalue weighted by Crippen LogP contribution is -2.26. The van der Waals surface area contributed by atoms with E-state index < -0.39 is 28.9 Å². The van der Waals surface area contributed by atoms with E-state index in [1.165, 1.54) is 6.92 Å². The predicted octanol–water partition coefficient (Wildman–Crippen LogP) is 1.60. The fourth-order valence-electron chi connectivity index (χ4n) is 0.470. The summed E-state index contributed by atoms with van der Waals surface area (Å²) in [6.45, 7) is 1.37. The molecule has 0 N–H and O–H groups in total. The van der Waals surface area contributed by atoms with Gasteiger partial charge in [0.05, 0.1) is 6.42 Å². The molecule has 0 aromatic heterocycles. The van der Waals surface area contributed by atoms with Crippen LogP contribution in [0.5, 0.6) is 0 Å². The summed E-state index contributed by atoms with van der Waals surface area (Å²) in [6, 6.07) is 0. The standard InChI is InChI=1S/C5H9F3O2S/c1-2-4(6)3-5(7,8)11(9)10/h4H,2-3H2,1H3,(H,9,10)/p-1. The van der Waals surface area contributed by atoms with Crippen molar-refractivity contribution in [3.8, 4) is 0 Å². The first-order valence-corrected chi connectivity index (χ1v) is 4.09. The largest absolute Gasteiger partial charge is 0.768 e. The third kappa shape index (κ3) is 3.71. The highest BCUT2D eigenvalue weighted by atomic mass is 32.2. The Hall–Kier alpha value is -0.100. The maximum absolute atomic E-state index is 12.2. The lowest BCUT2D eigenvalue weighted by molar-refractivity contribution is 0.0499. The fraction of sp³-hybridized carbons (Fsp3) is 1.00. The van der Waals surface area contributed by atoms with Gasteiger partial charge in [-0.2, -0.15) is 8.78 Å². The van der Waals surface area contributed by atoms with Crippen molar-refractivity contribution < 1.29 is 21.9 Å². The highest BCUT2D eigenvalue weighted by Crippen LogP contribution is 2.25. The Labute approximate surface area is 65.1 Å². The van der Waals surface area contributed by atoms with E-state index in [1.54, 1.807) is 0 Å². The van der Waals surface area contributed by atoms with E-state index in [4.69, 9.17) is 0 Å². The average Bonchev–Trinajstić information content (AvgIpc) is 1.86. The Morgan fingerprint density at radius 3 is 2.36 bits per heavy atom. The molecule has 0 aliphatic rings. The van der Waals surface area contributed by atoms with Crippen LogP contribution < -0.4 is 0 Å². The zero-order valence-electron chi connectivity index (χ0n) is 5.85. The summed E-state index contributed by atoms with van der Waals surface area (Å²) < 4.78 is 56.0. The Kier molecular flexibility index (Phi) is 4.02. The van der Waals surface area contributed by atoms with Crippen LogP contribution in [0.25, 0.3) is 0 Å². The summed E-state index contributed by atoms with van der Waals surface area (Å²) in [5, 5.41) is -3.94. The molecule has 0 aromatic rings. The molecule has 2 atom stereocenters. The second-order valence-corrected chi connectivity index (χ2v) is 3.15. The van der Waals surface area contributed by atoms with E-state index in [0.717, 1.165) is 0 Å². The normalized spacial score (nSPS) is 17.9. The Morgan fingerprint density at radius 2 is 2.09 bits per heavy atom. The van der Waals surface area contributed by atoms with Gasteiger partial charge in [-0.1, -0.05) is 6.92 Å². The van der Waals surface area contributed by atoms with Gasteiger partial charge in [0, 0.05) is 11.1 Å². The molecule has 11 heavy (non-hydrogen) atoms. The number of hydrogen-bond acceptors (Lipinski definition) is 2. The van der Waals surface area contributed by atoms with Crippen LogP contribution >= 0.6 is 0 Å². The molecule has 68 valence electrons. The smallest absolute Gasteiger partial charge is 0.311 e. The summed E-state index contributed by atoms with van der Waals surface area (Å²) in [7, 11) is 0. The maximum Gasteiger partial charge on any atom is 0.311 e. The van der Waals surface area contributed by atoms with Crippen LogP contribution in [0.3, 0.4) is 0 Å². The minimum atomic E-state index is -3.94. The van der Waals surface area contributed by atoms with Crippen LogP contribution in [0.15, 0.2) is 0 Å². The van der Waals surface area contributed by atoms with Crippen molar-refractivity contribution in [1.29, 1.82) is 0 Å². The second kappa shape index (κ2) is 4.06. The topological polar surface area (TPSA) is 40.1 Å². The van der Waals surface area contributed by atoms with Crippen molar-refractivity contribution in [1.82, 2.24) is 0 Å². The van der Waals surface area contributed by atoms with Gasteiger partial charge < -0.3 is 4.55 Å². The van der Waals surface area contributed by atoms with E-state index in [1.807, 2.05) is 0 Å². The molecule has 2 nitrogen and oxygen atoms in total. The predicted molar refractivity (Wildman–Crippen MR) is 33.7 cm³/mol. The molecule has 0 bridgehead atoms. The summed E-state index contributed by atoms with van der Waals surface area (Å²) >= 11 is -3.52. The van der Waals surface area contributed by atoms with Gasteiger partial charge in [0.25, 0.3) is 0 Å². The van der Waals surface area contributed by atoms with Crippen LogP contribution in [-0.2, 0) is 11.1 Å². The summed E-state index contributed by atoms with van der Waals surface area (Å²) in [6.07, 6.45) is -3.12. The molecule has 0 amide bonds. The van der Waals surface area contributed by atoms with E-state index >= 15 is 0 Å². The van der Waals surface area contributed by atoms with Gasteiger partial charge in [-0.15, -0.1) is 0 Å². The molecule has 0 saturated carbocycles. The number of hydrogen-bond donors (Lipinski definition) is 0. The summed E-state index contributed by atoms with van der Waals surface area (Å²) in [5.74, 6) is 0.